The minimum absolute atomic E-state index is 0.188. The average molecular weight is 652 g/mol. The molecule has 2 aromatic carbocycles. The van der Waals surface area contributed by atoms with E-state index in [9.17, 15) is 25.2 Å². The number of hydrogen-bond acceptors (Lipinski definition) is 9. The summed E-state index contributed by atoms with van der Waals surface area (Å²) in [4.78, 5) is 16.7. The first-order valence-corrected chi connectivity index (χ1v) is 16.0. The van der Waals surface area contributed by atoms with Gasteiger partial charge < -0.3 is 40.9 Å². The summed E-state index contributed by atoms with van der Waals surface area (Å²) in [5, 5.41) is 54.8. The molecule has 1 heterocycles. The molecule has 0 bridgehead atoms. The number of ether oxygens (including phenoxy) is 1. The lowest BCUT2D eigenvalue weighted by Crippen LogP contribution is -2.51. The van der Waals surface area contributed by atoms with Crippen molar-refractivity contribution in [2.24, 2.45) is 0 Å². The molecule has 246 valence electrons. The number of aliphatic hydroxyl groups excluding tert-OH is 5. The summed E-state index contributed by atoms with van der Waals surface area (Å²) in [5.74, 6) is -0.000564. The Labute approximate surface area is 273 Å². The van der Waals surface area contributed by atoms with Crippen molar-refractivity contribution in [2.75, 3.05) is 13.2 Å². The molecular formula is C35H42ClN3O7. The largest absolute Gasteiger partial charge is 0.490 e. The number of amides is 1. The highest BCUT2D eigenvalue weighted by Gasteiger charge is 2.46. The van der Waals surface area contributed by atoms with Crippen molar-refractivity contribution in [1.82, 2.24) is 15.6 Å². The number of aromatic nitrogens is 1. The van der Waals surface area contributed by atoms with Gasteiger partial charge in [0.25, 0.3) is 5.91 Å². The van der Waals surface area contributed by atoms with E-state index in [1.54, 1.807) is 0 Å². The number of para-hydroxylation sites is 1. The van der Waals surface area contributed by atoms with Gasteiger partial charge in [-0.05, 0) is 90.6 Å². The molecule has 2 fully saturated rings. The zero-order chi connectivity index (χ0) is 32.8. The van der Waals surface area contributed by atoms with E-state index >= 15 is 0 Å². The van der Waals surface area contributed by atoms with Crippen LogP contribution in [0.1, 0.15) is 55.2 Å². The molecule has 2 aliphatic rings. The second-order valence-electron chi connectivity index (χ2n) is 12.2. The van der Waals surface area contributed by atoms with E-state index in [0.29, 0.717) is 30.5 Å². The number of rotatable bonds is 17. The van der Waals surface area contributed by atoms with Gasteiger partial charge in [0.15, 0.2) is 6.10 Å². The van der Waals surface area contributed by atoms with Gasteiger partial charge in [0, 0.05) is 41.6 Å². The molecule has 46 heavy (non-hydrogen) atoms. The lowest BCUT2D eigenvalue weighted by atomic mass is 9.94. The van der Waals surface area contributed by atoms with E-state index in [-0.39, 0.29) is 12.1 Å². The number of aliphatic hydroxyl groups is 5. The molecule has 0 aliphatic heterocycles. The predicted octanol–water partition coefficient (Wildman–Crippen LogP) is 3.07. The SMILES string of the molecule is C=C(CCCNC(=O)C(O)C(O)C(O)C(O)CO)c1ccc(Cl)c(CNC2(c3cnccc3-c3ccccc3OC3CC3)CC2)c1. The highest BCUT2D eigenvalue weighted by atomic mass is 35.5. The molecule has 0 saturated heterocycles. The number of allylic oxidation sites excluding steroid dienone is 1. The lowest BCUT2D eigenvalue weighted by Gasteiger charge is -2.24. The molecule has 7 N–H and O–H groups in total. The van der Waals surface area contributed by atoms with Gasteiger partial charge in [0.05, 0.1) is 12.7 Å². The number of nitrogens with one attached hydrogen (secondary N) is 2. The Morgan fingerprint density at radius 1 is 1.07 bits per heavy atom. The van der Waals surface area contributed by atoms with E-state index in [4.69, 9.17) is 21.4 Å². The van der Waals surface area contributed by atoms with Crippen molar-refractivity contribution >= 4 is 23.1 Å². The molecule has 2 saturated carbocycles. The van der Waals surface area contributed by atoms with E-state index in [2.05, 4.69) is 34.3 Å². The van der Waals surface area contributed by atoms with Gasteiger partial charge in [-0.25, -0.2) is 0 Å². The van der Waals surface area contributed by atoms with Crippen molar-refractivity contribution in [3.8, 4) is 16.9 Å². The average Bonchev–Trinajstić information content (AvgIpc) is 4.02. The topological polar surface area (TPSA) is 164 Å². The normalized spacial score (nSPS) is 17.9. The van der Waals surface area contributed by atoms with Gasteiger partial charge in [-0.1, -0.05) is 42.4 Å². The van der Waals surface area contributed by atoms with Gasteiger partial charge in [-0.2, -0.15) is 0 Å². The van der Waals surface area contributed by atoms with Gasteiger partial charge in [0.2, 0.25) is 0 Å². The Morgan fingerprint density at radius 3 is 2.54 bits per heavy atom. The van der Waals surface area contributed by atoms with Crippen LogP contribution in [0, 0.1) is 0 Å². The molecule has 2 aliphatic carbocycles. The third-order valence-corrected chi connectivity index (χ3v) is 9.00. The van der Waals surface area contributed by atoms with Crippen LogP contribution in [-0.2, 0) is 16.9 Å². The molecule has 1 amide bonds. The van der Waals surface area contributed by atoms with Crippen LogP contribution in [0.3, 0.4) is 0 Å². The Bertz CT molecular complexity index is 1530. The van der Waals surface area contributed by atoms with Gasteiger partial charge in [-0.3, -0.25) is 9.78 Å². The maximum absolute atomic E-state index is 12.2. The molecule has 3 aromatic rings. The Morgan fingerprint density at radius 2 is 1.83 bits per heavy atom. The fourth-order valence-corrected chi connectivity index (χ4v) is 5.65. The summed E-state index contributed by atoms with van der Waals surface area (Å²) in [6.07, 6.45) is 1.77. The fourth-order valence-electron chi connectivity index (χ4n) is 5.47. The van der Waals surface area contributed by atoms with Crippen LogP contribution in [0.15, 0.2) is 67.5 Å². The molecule has 0 spiro atoms. The molecule has 11 heteroatoms. The molecule has 5 rings (SSSR count). The Hall–Kier alpha value is -3.35. The van der Waals surface area contributed by atoms with Crippen LogP contribution in [0.5, 0.6) is 5.75 Å². The zero-order valence-corrected chi connectivity index (χ0v) is 26.4. The summed E-state index contributed by atoms with van der Waals surface area (Å²) in [7, 11) is 0. The molecule has 1 aromatic heterocycles. The highest BCUT2D eigenvalue weighted by Crippen LogP contribution is 2.50. The molecule has 4 unspecified atom stereocenters. The smallest absolute Gasteiger partial charge is 0.251 e. The first kappa shape index (κ1) is 34.0. The first-order chi connectivity index (χ1) is 22.1. The summed E-state index contributed by atoms with van der Waals surface area (Å²) < 4.78 is 6.23. The molecular weight excluding hydrogens is 610 g/mol. The zero-order valence-electron chi connectivity index (χ0n) is 25.6. The van der Waals surface area contributed by atoms with Crippen molar-refractivity contribution in [2.45, 2.75) is 81.1 Å². The van der Waals surface area contributed by atoms with Crippen LogP contribution in [0.25, 0.3) is 16.7 Å². The third kappa shape index (κ3) is 8.13. The van der Waals surface area contributed by atoms with E-state index in [0.717, 1.165) is 64.8 Å². The highest BCUT2D eigenvalue weighted by molar-refractivity contribution is 6.31. The fraction of sp³-hybridized carbons (Fsp3) is 0.429. The van der Waals surface area contributed by atoms with E-state index < -0.39 is 36.9 Å². The third-order valence-electron chi connectivity index (χ3n) is 8.63. The standard InChI is InChI=1S/C35H42ClN3O7/c1-21(5-4-15-38-34(45)33(44)32(43)31(42)29(41)20-40)22-8-11-28(36)23(17-22)18-39-35(13-14-35)27-19-37-16-12-25(27)26-6-2-3-7-30(26)46-24-9-10-24/h2-3,6-8,11-12,16-17,19,24,29,31-33,39-44H,1,4-5,9-10,13-15,18,20H2,(H,38,45). The molecule has 10 nitrogen and oxygen atoms in total. The number of carbonyl (C=O) groups excluding carboxylic acids is 1. The number of carbonyl (C=O) groups is 1. The second-order valence-corrected chi connectivity index (χ2v) is 12.6. The monoisotopic (exact) mass is 651 g/mol. The van der Waals surface area contributed by atoms with E-state index in [1.165, 1.54) is 0 Å². The number of halogens is 1. The Balaban J connectivity index is 1.18. The van der Waals surface area contributed by atoms with Crippen LogP contribution < -0.4 is 15.4 Å². The van der Waals surface area contributed by atoms with Crippen LogP contribution in [-0.4, -0.2) is 80.1 Å². The number of pyridine rings is 1. The minimum Gasteiger partial charge on any atom is -0.490 e. The summed E-state index contributed by atoms with van der Waals surface area (Å²) in [6.45, 7) is 4.11. The van der Waals surface area contributed by atoms with Crippen LogP contribution in [0.2, 0.25) is 5.02 Å². The van der Waals surface area contributed by atoms with Crippen molar-refractivity contribution in [3.05, 3.63) is 89.2 Å². The first-order valence-electron chi connectivity index (χ1n) is 15.7. The number of hydrogen-bond donors (Lipinski definition) is 7. The summed E-state index contributed by atoms with van der Waals surface area (Å²) in [5.41, 5.74) is 5.78. The van der Waals surface area contributed by atoms with Crippen molar-refractivity contribution in [1.29, 1.82) is 0 Å². The number of benzene rings is 2. The quantitative estimate of drug-likeness (QED) is 0.109. The summed E-state index contributed by atoms with van der Waals surface area (Å²) in [6, 6.07) is 16.0. The maximum Gasteiger partial charge on any atom is 0.251 e. The van der Waals surface area contributed by atoms with Crippen LogP contribution >= 0.6 is 11.6 Å². The van der Waals surface area contributed by atoms with Gasteiger partial charge in [0.1, 0.15) is 24.1 Å². The maximum atomic E-state index is 12.2. The second kappa shape index (κ2) is 15.0. The Kier molecular flexibility index (Phi) is 11.1. The van der Waals surface area contributed by atoms with Gasteiger partial charge >= 0.3 is 0 Å². The predicted molar refractivity (Wildman–Crippen MR) is 175 cm³/mol. The van der Waals surface area contributed by atoms with Gasteiger partial charge in [-0.15, -0.1) is 0 Å². The number of nitrogens with zero attached hydrogens (tertiary/aromatic N) is 1. The van der Waals surface area contributed by atoms with Crippen LogP contribution in [0.4, 0.5) is 0 Å². The lowest BCUT2D eigenvalue weighted by molar-refractivity contribution is -0.148. The van der Waals surface area contributed by atoms with Crippen molar-refractivity contribution in [3.63, 3.8) is 0 Å². The minimum atomic E-state index is -1.96. The summed E-state index contributed by atoms with van der Waals surface area (Å²) >= 11 is 6.63. The van der Waals surface area contributed by atoms with E-state index in [1.807, 2.05) is 48.8 Å². The van der Waals surface area contributed by atoms with Crippen molar-refractivity contribution < 1.29 is 35.1 Å². The molecule has 0 radical (unpaired) electrons. The molecule has 4 atom stereocenters.